The van der Waals surface area contributed by atoms with E-state index in [9.17, 15) is 24.3 Å². The SMILES string of the molecule is CCCCCCOC(=O)CCN(CCCNc1nc(NCCCO)nc(NCCCN(CCC(=O)OCCCCCC)CCC(=O)OCCCCCC)n1)CCC(=O)OCCCCCC. The first-order valence-corrected chi connectivity index (χ1v) is 25.4. The van der Waals surface area contributed by atoms with E-state index in [4.69, 9.17) is 18.9 Å². The van der Waals surface area contributed by atoms with Gasteiger partial charge in [0.25, 0.3) is 0 Å². The third-order valence-electron chi connectivity index (χ3n) is 10.7. The van der Waals surface area contributed by atoms with Crippen LogP contribution in [-0.2, 0) is 38.1 Å². The second kappa shape index (κ2) is 42.8. The highest BCUT2D eigenvalue weighted by atomic mass is 16.5. The highest BCUT2D eigenvalue weighted by Gasteiger charge is 2.15. The van der Waals surface area contributed by atoms with Crippen LogP contribution in [0.4, 0.5) is 17.8 Å². The van der Waals surface area contributed by atoms with E-state index in [2.05, 4.69) is 68.4 Å². The molecule has 1 heterocycles. The van der Waals surface area contributed by atoms with Crippen molar-refractivity contribution in [1.82, 2.24) is 24.8 Å². The van der Waals surface area contributed by atoms with Crippen LogP contribution < -0.4 is 16.0 Å². The Kier molecular flexibility index (Phi) is 39.0. The Labute approximate surface area is 392 Å². The summed E-state index contributed by atoms with van der Waals surface area (Å²) in [5.74, 6) is 0.188. The molecule has 1 rings (SSSR count). The first kappa shape index (κ1) is 59.2. The Morgan fingerprint density at radius 2 is 0.677 bits per heavy atom. The first-order valence-electron chi connectivity index (χ1n) is 25.4. The van der Waals surface area contributed by atoms with Crippen LogP contribution >= 0.6 is 0 Å². The fourth-order valence-corrected chi connectivity index (χ4v) is 6.71. The third-order valence-corrected chi connectivity index (χ3v) is 10.7. The van der Waals surface area contributed by atoms with E-state index < -0.39 is 0 Å². The van der Waals surface area contributed by atoms with Gasteiger partial charge in [-0.25, -0.2) is 0 Å². The van der Waals surface area contributed by atoms with Crippen LogP contribution in [0.3, 0.4) is 0 Å². The fraction of sp³-hybridized carbons (Fsp3) is 0.854. The molecule has 0 aliphatic carbocycles. The lowest BCUT2D eigenvalue weighted by atomic mass is 10.2. The molecule has 0 radical (unpaired) electrons. The molecule has 0 saturated carbocycles. The summed E-state index contributed by atoms with van der Waals surface area (Å²) in [4.78, 5) is 68.0. The molecule has 1 aromatic rings. The standard InChI is InChI=1S/C48H90N8O9/c1-5-9-13-17-38-62-42(58)24-33-55(34-25-43(59)63-39-18-14-10-6-2)31-21-28-49-46-52-47(54-48(53-46)51-30-23-37-57)50-29-22-32-56(35-26-44(60)64-40-19-15-11-7-3)36-27-45(61)65-41-20-16-12-8-4/h57H,5-41H2,1-4H3,(H3,49,50,51,52,53,54). The van der Waals surface area contributed by atoms with Gasteiger partial charge < -0.3 is 49.8 Å². The van der Waals surface area contributed by atoms with Gasteiger partial charge in [-0.3, -0.25) is 19.2 Å². The van der Waals surface area contributed by atoms with Crippen LogP contribution in [0, 0.1) is 0 Å². The number of anilines is 3. The van der Waals surface area contributed by atoms with Gasteiger partial charge in [-0.1, -0.05) is 105 Å². The maximum Gasteiger partial charge on any atom is 0.307 e. The number of nitrogens with one attached hydrogen (secondary N) is 3. The molecule has 0 amide bonds. The summed E-state index contributed by atoms with van der Waals surface area (Å²) in [6.07, 6.45) is 19.5. The summed E-state index contributed by atoms with van der Waals surface area (Å²) in [7, 11) is 0. The summed E-state index contributed by atoms with van der Waals surface area (Å²) in [6, 6.07) is 0. The zero-order valence-electron chi connectivity index (χ0n) is 41.1. The Morgan fingerprint density at radius 1 is 0.400 bits per heavy atom. The number of aliphatic hydroxyl groups excluding tert-OH is 1. The molecule has 17 nitrogen and oxygen atoms in total. The lowest BCUT2D eigenvalue weighted by molar-refractivity contribution is -0.146. The van der Waals surface area contributed by atoms with E-state index >= 15 is 0 Å². The minimum absolute atomic E-state index is 0.0298. The maximum absolute atomic E-state index is 12.5. The Bertz CT molecular complexity index is 1200. The molecule has 65 heavy (non-hydrogen) atoms. The molecule has 0 spiro atoms. The van der Waals surface area contributed by atoms with Crippen LogP contribution in [0.2, 0.25) is 0 Å². The topological polar surface area (TPSA) is 207 Å². The van der Waals surface area contributed by atoms with Crippen molar-refractivity contribution >= 4 is 41.7 Å². The van der Waals surface area contributed by atoms with Gasteiger partial charge in [0, 0.05) is 52.4 Å². The van der Waals surface area contributed by atoms with Crippen molar-refractivity contribution in [3.8, 4) is 0 Å². The summed E-state index contributed by atoms with van der Waals surface area (Å²) in [5.41, 5.74) is 0. The summed E-state index contributed by atoms with van der Waals surface area (Å²) < 4.78 is 21.9. The zero-order chi connectivity index (χ0) is 47.4. The van der Waals surface area contributed by atoms with E-state index in [-0.39, 0.29) is 56.2 Å². The van der Waals surface area contributed by atoms with Crippen molar-refractivity contribution in [1.29, 1.82) is 0 Å². The average Bonchev–Trinajstić information content (AvgIpc) is 3.30. The molecular formula is C48H90N8O9. The van der Waals surface area contributed by atoms with Gasteiger partial charge in [0.2, 0.25) is 17.8 Å². The van der Waals surface area contributed by atoms with Crippen molar-refractivity contribution in [3.63, 3.8) is 0 Å². The minimum Gasteiger partial charge on any atom is -0.466 e. The second-order valence-electron chi connectivity index (χ2n) is 16.7. The molecule has 0 aromatic carbocycles. The summed E-state index contributed by atoms with van der Waals surface area (Å²) in [5, 5.41) is 19.1. The normalized spacial score (nSPS) is 11.2. The largest absolute Gasteiger partial charge is 0.466 e. The fourth-order valence-electron chi connectivity index (χ4n) is 6.71. The van der Waals surface area contributed by atoms with Crippen LogP contribution in [0.5, 0.6) is 0 Å². The lowest BCUT2D eigenvalue weighted by Gasteiger charge is -2.22. The van der Waals surface area contributed by atoms with Crippen molar-refractivity contribution < 1.29 is 43.2 Å². The van der Waals surface area contributed by atoms with Crippen molar-refractivity contribution in [2.75, 3.05) is 108 Å². The highest BCUT2D eigenvalue weighted by Crippen LogP contribution is 2.12. The number of esters is 4. The van der Waals surface area contributed by atoms with E-state index in [0.29, 0.717) is 122 Å². The molecular weight excluding hydrogens is 833 g/mol. The third kappa shape index (κ3) is 36.0. The molecule has 0 saturated heterocycles. The number of aromatic nitrogens is 3. The maximum atomic E-state index is 12.5. The number of ether oxygens (including phenoxy) is 4. The molecule has 0 fully saturated rings. The second-order valence-corrected chi connectivity index (χ2v) is 16.7. The van der Waals surface area contributed by atoms with Crippen LogP contribution in [0.15, 0.2) is 0 Å². The lowest BCUT2D eigenvalue weighted by Crippen LogP contribution is -2.32. The number of nitrogens with zero attached hydrogens (tertiary/aromatic N) is 5. The van der Waals surface area contributed by atoms with Crippen LogP contribution in [0.25, 0.3) is 0 Å². The van der Waals surface area contributed by atoms with Crippen LogP contribution in [-0.4, -0.2) is 146 Å². The summed E-state index contributed by atoms with van der Waals surface area (Å²) in [6.45, 7) is 15.0. The van der Waals surface area contributed by atoms with Gasteiger partial charge in [-0.2, -0.15) is 15.0 Å². The van der Waals surface area contributed by atoms with Crippen LogP contribution in [0.1, 0.15) is 175 Å². The number of carbonyl (C=O) groups is 4. The zero-order valence-corrected chi connectivity index (χ0v) is 41.1. The molecule has 4 N–H and O–H groups in total. The number of rotatable bonds is 46. The number of aliphatic hydroxyl groups is 1. The number of hydrogen-bond donors (Lipinski definition) is 4. The van der Waals surface area contributed by atoms with E-state index in [0.717, 1.165) is 103 Å². The monoisotopic (exact) mass is 923 g/mol. The van der Waals surface area contributed by atoms with Gasteiger partial charge in [0.05, 0.1) is 52.1 Å². The predicted molar refractivity (Wildman–Crippen MR) is 258 cm³/mol. The molecule has 17 heteroatoms. The van der Waals surface area contributed by atoms with Gasteiger partial charge >= 0.3 is 23.9 Å². The van der Waals surface area contributed by atoms with Gasteiger partial charge in [0.1, 0.15) is 0 Å². The molecule has 0 aliphatic heterocycles. The molecule has 0 aliphatic rings. The van der Waals surface area contributed by atoms with Gasteiger partial charge in [-0.05, 0) is 58.0 Å². The minimum atomic E-state index is -0.233. The molecule has 1 aromatic heterocycles. The van der Waals surface area contributed by atoms with E-state index in [1.165, 1.54) is 0 Å². The number of unbranched alkanes of at least 4 members (excludes halogenated alkanes) is 12. The summed E-state index contributed by atoms with van der Waals surface area (Å²) >= 11 is 0. The van der Waals surface area contributed by atoms with Gasteiger partial charge in [-0.15, -0.1) is 0 Å². The predicted octanol–water partition coefficient (Wildman–Crippen LogP) is 7.93. The molecule has 0 atom stereocenters. The van der Waals surface area contributed by atoms with Gasteiger partial charge in [0.15, 0.2) is 0 Å². The Morgan fingerprint density at radius 3 is 0.938 bits per heavy atom. The van der Waals surface area contributed by atoms with Crippen molar-refractivity contribution in [3.05, 3.63) is 0 Å². The highest BCUT2D eigenvalue weighted by molar-refractivity contribution is 5.71. The number of hydrogen-bond acceptors (Lipinski definition) is 17. The smallest absolute Gasteiger partial charge is 0.307 e. The van der Waals surface area contributed by atoms with Crippen molar-refractivity contribution in [2.24, 2.45) is 0 Å². The molecule has 0 bridgehead atoms. The molecule has 376 valence electrons. The number of carbonyl (C=O) groups excluding carboxylic acids is 4. The average molecular weight is 923 g/mol. The van der Waals surface area contributed by atoms with Crippen molar-refractivity contribution in [2.45, 2.75) is 175 Å². The quantitative estimate of drug-likeness (QED) is 0.0278. The van der Waals surface area contributed by atoms with E-state index in [1.54, 1.807) is 0 Å². The first-order chi connectivity index (χ1) is 31.7. The Balaban J connectivity index is 2.84. The molecule has 0 unspecified atom stereocenters. The Hall–Kier alpha value is -3.83. The van der Waals surface area contributed by atoms with E-state index in [1.807, 2.05) is 0 Å².